The Bertz CT molecular complexity index is 806. The second-order valence-corrected chi connectivity index (χ2v) is 7.77. The first-order valence-electron chi connectivity index (χ1n) is 8.53. The second-order valence-electron chi connectivity index (χ2n) is 6.49. The highest BCUT2D eigenvalue weighted by Crippen LogP contribution is 2.23. The van der Waals surface area contributed by atoms with Crippen LogP contribution in [0.15, 0.2) is 36.4 Å². The van der Waals surface area contributed by atoms with Gasteiger partial charge in [-0.15, -0.1) is 0 Å². The maximum atomic E-state index is 13.1. The quantitative estimate of drug-likeness (QED) is 0.756. The molecule has 1 heterocycles. The molecule has 0 spiro atoms. The van der Waals surface area contributed by atoms with Gasteiger partial charge in [-0.05, 0) is 35.9 Å². The standard InChI is InChI=1S/C19H19Cl3FN3O/c20-14-7-15(21)9-17(8-14)24-19(27)12-26-5-3-25(4-6-26)11-13-1-2-16(23)10-18(13)22/h1-2,7-10H,3-6,11-12H2,(H,24,27). The van der Waals surface area contributed by atoms with Crippen LogP contribution in [0.25, 0.3) is 0 Å². The van der Waals surface area contributed by atoms with E-state index in [0.717, 1.165) is 31.7 Å². The van der Waals surface area contributed by atoms with Crippen molar-refractivity contribution < 1.29 is 9.18 Å². The third kappa shape index (κ3) is 6.06. The lowest BCUT2D eigenvalue weighted by molar-refractivity contribution is -0.117. The Labute approximate surface area is 172 Å². The van der Waals surface area contributed by atoms with E-state index in [-0.39, 0.29) is 11.7 Å². The van der Waals surface area contributed by atoms with E-state index in [1.807, 2.05) is 0 Å². The van der Waals surface area contributed by atoms with Crippen LogP contribution in [0, 0.1) is 5.82 Å². The number of rotatable bonds is 5. The lowest BCUT2D eigenvalue weighted by Gasteiger charge is -2.34. The van der Waals surface area contributed by atoms with Gasteiger partial charge in [-0.3, -0.25) is 14.6 Å². The monoisotopic (exact) mass is 429 g/mol. The number of halogens is 4. The van der Waals surface area contributed by atoms with E-state index in [1.165, 1.54) is 12.1 Å². The van der Waals surface area contributed by atoms with Crippen molar-refractivity contribution in [3.8, 4) is 0 Å². The summed E-state index contributed by atoms with van der Waals surface area (Å²) < 4.78 is 13.1. The molecule has 3 rings (SSSR count). The van der Waals surface area contributed by atoms with Crippen LogP contribution >= 0.6 is 34.8 Å². The van der Waals surface area contributed by atoms with Gasteiger partial charge in [-0.25, -0.2) is 4.39 Å². The summed E-state index contributed by atoms with van der Waals surface area (Å²) in [6, 6.07) is 9.41. The summed E-state index contributed by atoms with van der Waals surface area (Å²) in [5.41, 5.74) is 1.49. The van der Waals surface area contributed by atoms with Crippen molar-refractivity contribution in [3.63, 3.8) is 0 Å². The summed E-state index contributed by atoms with van der Waals surface area (Å²) in [7, 11) is 0. The Morgan fingerprint density at radius 3 is 2.22 bits per heavy atom. The zero-order valence-corrected chi connectivity index (χ0v) is 16.8. The predicted octanol–water partition coefficient (Wildman–Crippen LogP) is 4.54. The molecular formula is C19H19Cl3FN3O. The highest BCUT2D eigenvalue weighted by atomic mass is 35.5. The summed E-state index contributed by atoms with van der Waals surface area (Å²) in [6.07, 6.45) is 0. The molecule has 0 bridgehead atoms. The Kier molecular flexibility index (Phi) is 6.95. The Hall–Kier alpha value is -1.37. The fraction of sp³-hybridized carbons (Fsp3) is 0.316. The van der Waals surface area contributed by atoms with E-state index in [9.17, 15) is 9.18 Å². The average molecular weight is 431 g/mol. The summed E-state index contributed by atoms with van der Waals surface area (Å²) in [4.78, 5) is 16.6. The Balaban J connectivity index is 1.46. The highest BCUT2D eigenvalue weighted by molar-refractivity contribution is 6.35. The minimum atomic E-state index is -0.333. The van der Waals surface area contributed by atoms with Gasteiger partial charge in [0, 0.05) is 53.5 Å². The molecule has 4 nitrogen and oxygen atoms in total. The van der Waals surface area contributed by atoms with Crippen molar-refractivity contribution in [3.05, 3.63) is 62.8 Å². The van der Waals surface area contributed by atoms with Crippen molar-refractivity contribution in [2.24, 2.45) is 0 Å². The van der Waals surface area contributed by atoms with Crippen LogP contribution in [-0.2, 0) is 11.3 Å². The number of anilines is 1. The van der Waals surface area contributed by atoms with Gasteiger partial charge >= 0.3 is 0 Å². The molecule has 1 fully saturated rings. The molecule has 0 aromatic heterocycles. The van der Waals surface area contributed by atoms with Gasteiger partial charge in [0.1, 0.15) is 5.82 Å². The Morgan fingerprint density at radius 2 is 1.59 bits per heavy atom. The third-order valence-electron chi connectivity index (χ3n) is 4.39. The van der Waals surface area contributed by atoms with Crippen molar-refractivity contribution in [1.29, 1.82) is 0 Å². The molecule has 1 saturated heterocycles. The van der Waals surface area contributed by atoms with Gasteiger partial charge in [0.15, 0.2) is 0 Å². The van der Waals surface area contributed by atoms with E-state index in [2.05, 4.69) is 15.1 Å². The zero-order chi connectivity index (χ0) is 19.4. The molecule has 0 radical (unpaired) electrons. The molecule has 2 aromatic rings. The van der Waals surface area contributed by atoms with Crippen molar-refractivity contribution in [2.75, 3.05) is 38.0 Å². The number of hydrogen-bond donors (Lipinski definition) is 1. The summed E-state index contributed by atoms with van der Waals surface area (Å²) >= 11 is 18.0. The van der Waals surface area contributed by atoms with E-state index < -0.39 is 0 Å². The summed E-state index contributed by atoms with van der Waals surface area (Å²) in [5, 5.41) is 4.22. The van der Waals surface area contributed by atoms with Crippen LogP contribution in [0.1, 0.15) is 5.56 Å². The molecule has 2 aromatic carbocycles. The highest BCUT2D eigenvalue weighted by Gasteiger charge is 2.20. The third-order valence-corrected chi connectivity index (χ3v) is 5.18. The zero-order valence-electron chi connectivity index (χ0n) is 14.5. The number of benzene rings is 2. The minimum Gasteiger partial charge on any atom is -0.325 e. The van der Waals surface area contributed by atoms with Crippen molar-refractivity contribution in [2.45, 2.75) is 6.54 Å². The van der Waals surface area contributed by atoms with Gasteiger partial charge in [0.05, 0.1) is 6.54 Å². The minimum absolute atomic E-state index is 0.108. The lowest BCUT2D eigenvalue weighted by Crippen LogP contribution is -2.48. The molecule has 1 aliphatic rings. The van der Waals surface area contributed by atoms with Crippen LogP contribution < -0.4 is 5.32 Å². The van der Waals surface area contributed by atoms with E-state index >= 15 is 0 Å². The van der Waals surface area contributed by atoms with Gasteiger partial charge in [0.2, 0.25) is 5.91 Å². The van der Waals surface area contributed by atoms with Crippen molar-refractivity contribution in [1.82, 2.24) is 9.80 Å². The number of amides is 1. The van der Waals surface area contributed by atoms with Crippen LogP contribution in [-0.4, -0.2) is 48.4 Å². The van der Waals surface area contributed by atoms with Crippen LogP contribution in [0.2, 0.25) is 15.1 Å². The molecule has 1 aliphatic heterocycles. The second kappa shape index (κ2) is 9.22. The molecule has 8 heteroatoms. The number of nitrogens with one attached hydrogen (secondary N) is 1. The van der Waals surface area contributed by atoms with Gasteiger partial charge < -0.3 is 5.32 Å². The normalized spacial score (nSPS) is 15.7. The molecule has 1 N–H and O–H groups in total. The molecule has 0 atom stereocenters. The van der Waals surface area contributed by atoms with E-state index in [4.69, 9.17) is 34.8 Å². The Morgan fingerprint density at radius 1 is 0.963 bits per heavy atom. The SMILES string of the molecule is O=C(CN1CCN(Cc2ccc(F)cc2Cl)CC1)Nc1cc(Cl)cc(Cl)c1. The van der Waals surface area contributed by atoms with Gasteiger partial charge in [0.25, 0.3) is 0 Å². The first kappa shape index (κ1) is 20.4. The van der Waals surface area contributed by atoms with Crippen LogP contribution in [0.5, 0.6) is 0 Å². The molecular weight excluding hydrogens is 412 g/mol. The number of nitrogens with zero attached hydrogens (tertiary/aromatic N) is 2. The fourth-order valence-electron chi connectivity index (χ4n) is 3.03. The fourth-order valence-corrected chi connectivity index (χ4v) is 3.78. The van der Waals surface area contributed by atoms with E-state index in [1.54, 1.807) is 24.3 Å². The molecule has 144 valence electrons. The molecule has 0 unspecified atom stereocenters. The molecule has 27 heavy (non-hydrogen) atoms. The number of carbonyl (C=O) groups excluding carboxylic acids is 1. The first-order chi connectivity index (χ1) is 12.9. The smallest absolute Gasteiger partial charge is 0.238 e. The largest absolute Gasteiger partial charge is 0.325 e. The maximum Gasteiger partial charge on any atom is 0.238 e. The summed E-state index contributed by atoms with van der Waals surface area (Å²) in [6.45, 7) is 4.12. The summed E-state index contributed by atoms with van der Waals surface area (Å²) in [5.74, 6) is -0.441. The van der Waals surface area contributed by atoms with Crippen LogP contribution in [0.4, 0.5) is 10.1 Å². The number of carbonyl (C=O) groups is 1. The first-order valence-corrected chi connectivity index (χ1v) is 9.67. The molecule has 0 saturated carbocycles. The van der Waals surface area contributed by atoms with Gasteiger partial charge in [-0.2, -0.15) is 0 Å². The maximum absolute atomic E-state index is 13.1. The topological polar surface area (TPSA) is 35.6 Å². The van der Waals surface area contributed by atoms with Crippen LogP contribution in [0.3, 0.4) is 0 Å². The molecule has 1 amide bonds. The number of hydrogen-bond acceptors (Lipinski definition) is 3. The van der Waals surface area contributed by atoms with Crippen molar-refractivity contribution >= 4 is 46.4 Å². The van der Waals surface area contributed by atoms with Gasteiger partial charge in [-0.1, -0.05) is 40.9 Å². The number of piperazine rings is 1. The molecule has 0 aliphatic carbocycles. The average Bonchev–Trinajstić information content (AvgIpc) is 2.58. The lowest BCUT2D eigenvalue weighted by atomic mass is 10.2. The predicted molar refractivity (Wildman–Crippen MR) is 108 cm³/mol. The van der Waals surface area contributed by atoms with E-state index in [0.29, 0.717) is 33.8 Å².